The molecule has 2 rings (SSSR count). The Labute approximate surface area is 150 Å². The number of nitrogens with one attached hydrogen (secondary N) is 2. The Balaban J connectivity index is 2.17. The number of amides is 1. The number of carbonyl (C=O) groups excluding carboxylic acids is 1. The summed E-state index contributed by atoms with van der Waals surface area (Å²) in [6.07, 6.45) is 5.43. The second-order valence-corrected chi connectivity index (χ2v) is 8.48. The number of rotatable bonds is 7. The molecule has 1 aliphatic carbocycles. The van der Waals surface area contributed by atoms with Crippen molar-refractivity contribution in [2.24, 2.45) is 0 Å². The molecule has 1 aromatic rings. The quantitative estimate of drug-likeness (QED) is 0.774. The summed E-state index contributed by atoms with van der Waals surface area (Å²) in [4.78, 5) is 12.7. The summed E-state index contributed by atoms with van der Waals surface area (Å²) in [6.45, 7) is 3.82. The fourth-order valence-corrected chi connectivity index (χ4v) is 4.39. The van der Waals surface area contributed by atoms with E-state index in [9.17, 15) is 13.2 Å². The van der Waals surface area contributed by atoms with E-state index in [2.05, 4.69) is 10.0 Å². The largest absolute Gasteiger partial charge is 0.383 e. The van der Waals surface area contributed by atoms with Crippen LogP contribution in [-0.2, 0) is 14.8 Å². The topological polar surface area (TPSA) is 84.5 Å². The van der Waals surface area contributed by atoms with Crippen LogP contribution in [-0.4, -0.2) is 40.1 Å². The van der Waals surface area contributed by atoms with E-state index in [1.165, 1.54) is 25.7 Å². The SMILES string of the molecule is COC[C@H](C)NS(=O)(=O)c1ccc(C)c(C(=O)NC2CCCCC2)c1. The van der Waals surface area contributed by atoms with Gasteiger partial charge in [0.1, 0.15) is 0 Å². The van der Waals surface area contributed by atoms with Gasteiger partial charge in [-0.1, -0.05) is 25.3 Å². The van der Waals surface area contributed by atoms with Crippen molar-refractivity contribution in [3.05, 3.63) is 29.3 Å². The predicted octanol–water partition coefficient (Wildman–Crippen LogP) is 2.37. The second kappa shape index (κ2) is 8.78. The van der Waals surface area contributed by atoms with E-state index in [1.807, 2.05) is 6.92 Å². The smallest absolute Gasteiger partial charge is 0.251 e. The van der Waals surface area contributed by atoms with Gasteiger partial charge < -0.3 is 10.1 Å². The van der Waals surface area contributed by atoms with Crippen molar-refractivity contribution in [2.45, 2.75) is 62.9 Å². The van der Waals surface area contributed by atoms with Crippen molar-refractivity contribution < 1.29 is 17.9 Å². The Morgan fingerprint density at radius 2 is 1.96 bits per heavy atom. The van der Waals surface area contributed by atoms with Gasteiger partial charge in [0.2, 0.25) is 10.0 Å². The van der Waals surface area contributed by atoms with Crippen LogP contribution in [0.25, 0.3) is 0 Å². The van der Waals surface area contributed by atoms with Crippen LogP contribution in [0.15, 0.2) is 23.1 Å². The number of sulfonamides is 1. The Hall–Kier alpha value is -1.44. The monoisotopic (exact) mass is 368 g/mol. The molecular weight excluding hydrogens is 340 g/mol. The maximum atomic E-state index is 12.6. The average molecular weight is 368 g/mol. The molecule has 2 N–H and O–H groups in total. The molecule has 0 unspecified atom stereocenters. The lowest BCUT2D eigenvalue weighted by atomic mass is 9.95. The summed E-state index contributed by atoms with van der Waals surface area (Å²) in [6, 6.07) is 4.48. The molecule has 0 bridgehead atoms. The highest BCUT2D eigenvalue weighted by Gasteiger charge is 2.22. The molecule has 1 saturated carbocycles. The third-order valence-electron chi connectivity index (χ3n) is 4.48. The lowest BCUT2D eigenvalue weighted by Gasteiger charge is -2.23. The van der Waals surface area contributed by atoms with E-state index in [4.69, 9.17) is 4.74 Å². The lowest BCUT2D eigenvalue weighted by Crippen LogP contribution is -2.37. The molecule has 6 nitrogen and oxygen atoms in total. The number of benzene rings is 1. The maximum Gasteiger partial charge on any atom is 0.251 e. The van der Waals surface area contributed by atoms with Gasteiger partial charge in [0.05, 0.1) is 11.5 Å². The number of aryl methyl sites for hydroxylation is 1. The molecule has 1 aromatic carbocycles. The van der Waals surface area contributed by atoms with Crippen LogP contribution in [0, 0.1) is 6.92 Å². The van der Waals surface area contributed by atoms with E-state index in [1.54, 1.807) is 13.0 Å². The van der Waals surface area contributed by atoms with Gasteiger partial charge in [-0.05, 0) is 44.4 Å². The number of ether oxygens (including phenoxy) is 1. The molecule has 0 heterocycles. The normalized spacial score (nSPS) is 17.2. The summed E-state index contributed by atoms with van der Waals surface area (Å²) in [5.41, 5.74) is 1.17. The highest BCUT2D eigenvalue weighted by molar-refractivity contribution is 7.89. The van der Waals surface area contributed by atoms with Crippen molar-refractivity contribution in [1.82, 2.24) is 10.0 Å². The van der Waals surface area contributed by atoms with Crippen molar-refractivity contribution >= 4 is 15.9 Å². The number of methoxy groups -OCH3 is 1. The fourth-order valence-electron chi connectivity index (χ4n) is 3.14. The van der Waals surface area contributed by atoms with Crippen LogP contribution in [0.1, 0.15) is 54.9 Å². The number of carbonyl (C=O) groups is 1. The Morgan fingerprint density at radius 3 is 2.60 bits per heavy atom. The number of hydrogen-bond donors (Lipinski definition) is 2. The van der Waals surface area contributed by atoms with Gasteiger partial charge in [0.25, 0.3) is 5.91 Å². The minimum atomic E-state index is -3.70. The van der Waals surface area contributed by atoms with Crippen LogP contribution in [0.2, 0.25) is 0 Å². The highest BCUT2D eigenvalue weighted by Crippen LogP contribution is 2.20. The zero-order chi connectivity index (χ0) is 18.4. The van der Waals surface area contributed by atoms with Gasteiger partial charge in [0.15, 0.2) is 0 Å². The van der Waals surface area contributed by atoms with E-state index in [0.717, 1.165) is 31.2 Å². The molecule has 1 aliphatic rings. The third-order valence-corrected chi connectivity index (χ3v) is 6.06. The minimum absolute atomic E-state index is 0.0925. The minimum Gasteiger partial charge on any atom is -0.383 e. The second-order valence-electron chi connectivity index (χ2n) is 6.76. The summed E-state index contributed by atoms with van der Waals surface area (Å²) >= 11 is 0. The van der Waals surface area contributed by atoms with Crippen LogP contribution >= 0.6 is 0 Å². The maximum absolute atomic E-state index is 12.6. The first kappa shape index (κ1) is 19.9. The van der Waals surface area contributed by atoms with Crippen LogP contribution < -0.4 is 10.0 Å². The molecule has 7 heteroatoms. The summed E-state index contributed by atoms with van der Waals surface area (Å²) < 4.78 is 32.5. The molecule has 0 spiro atoms. The standard InChI is InChI=1S/C18H28N2O4S/c1-13-9-10-16(25(22,23)20-14(2)12-24-3)11-17(13)18(21)19-15-7-5-4-6-8-15/h9-11,14-15,20H,4-8,12H2,1-3H3,(H,19,21)/t14-/m0/s1. The molecule has 1 fully saturated rings. The van der Waals surface area contributed by atoms with Crippen molar-refractivity contribution in [2.75, 3.05) is 13.7 Å². The van der Waals surface area contributed by atoms with Gasteiger partial charge in [-0.15, -0.1) is 0 Å². The molecule has 0 saturated heterocycles. The molecule has 25 heavy (non-hydrogen) atoms. The summed E-state index contributed by atoms with van der Waals surface area (Å²) in [5.74, 6) is -0.202. The third kappa shape index (κ3) is 5.52. The first-order valence-electron chi connectivity index (χ1n) is 8.76. The van der Waals surface area contributed by atoms with Gasteiger partial charge in [-0.25, -0.2) is 13.1 Å². The van der Waals surface area contributed by atoms with E-state index in [-0.39, 0.29) is 29.5 Å². The Kier molecular flexibility index (Phi) is 6.98. The zero-order valence-electron chi connectivity index (χ0n) is 15.2. The first-order valence-corrected chi connectivity index (χ1v) is 10.2. The predicted molar refractivity (Wildman–Crippen MR) is 97.2 cm³/mol. The lowest BCUT2D eigenvalue weighted by molar-refractivity contribution is 0.0927. The molecule has 1 amide bonds. The van der Waals surface area contributed by atoms with Crippen molar-refractivity contribution in [3.63, 3.8) is 0 Å². The average Bonchev–Trinajstić information content (AvgIpc) is 2.55. The van der Waals surface area contributed by atoms with Crippen molar-refractivity contribution in [3.8, 4) is 0 Å². The molecule has 140 valence electrons. The van der Waals surface area contributed by atoms with E-state index >= 15 is 0 Å². The Morgan fingerprint density at radius 1 is 1.28 bits per heavy atom. The fraction of sp³-hybridized carbons (Fsp3) is 0.611. The van der Waals surface area contributed by atoms with Crippen LogP contribution in [0.3, 0.4) is 0 Å². The molecule has 0 radical (unpaired) electrons. The molecule has 1 atom stereocenters. The summed E-state index contributed by atoms with van der Waals surface area (Å²) in [7, 11) is -2.18. The van der Waals surface area contributed by atoms with Crippen LogP contribution in [0.5, 0.6) is 0 Å². The van der Waals surface area contributed by atoms with Crippen LogP contribution in [0.4, 0.5) is 0 Å². The van der Waals surface area contributed by atoms with Gasteiger partial charge >= 0.3 is 0 Å². The Bertz CT molecular complexity index is 697. The molecular formula is C18H28N2O4S. The summed E-state index contributed by atoms with van der Waals surface area (Å²) in [5, 5.41) is 3.04. The van der Waals surface area contributed by atoms with Crippen molar-refractivity contribution in [1.29, 1.82) is 0 Å². The highest BCUT2D eigenvalue weighted by atomic mass is 32.2. The molecule has 0 aliphatic heterocycles. The first-order chi connectivity index (χ1) is 11.8. The van der Waals surface area contributed by atoms with E-state index in [0.29, 0.717) is 5.56 Å². The number of hydrogen-bond acceptors (Lipinski definition) is 4. The van der Waals surface area contributed by atoms with E-state index < -0.39 is 10.0 Å². The van der Waals surface area contributed by atoms with Gasteiger partial charge in [0, 0.05) is 24.8 Å². The molecule has 0 aromatic heterocycles. The zero-order valence-corrected chi connectivity index (χ0v) is 16.0. The van der Waals surface area contributed by atoms with Gasteiger partial charge in [-0.3, -0.25) is 4.79 Å². The van der Waals surface area contributed by atoms with Gasteiger partial charge in [-0.2, -0.15) is 0 Å².